The molecule has 102 valence electrons. The van der Waals surface area contributed by atoms with Gasteiger partial charge >= 0.3 is 5.97 Å². The van der Waals surface area contributed by atoms with Gasteiger partial charge in [0.2, 0.25) is 0 Å². The number of nitrogens with zero attached hydrogens (tertiary/aromatic N) is 3. The molecule has 0 bridgehead atoms. The third-order valence-electron chi connectivity index (χ3n) is 3.81. The van der Waals surface area contributed by atoms with Crippen LogP contribution in [0.5, 0.6) is 0 Å². The number of aromatic nitrogens is 2. The fourth-order valence-corrected chi connectivity index (χ4v) is 2.71. The van der Waals surface area contributed by atoms with Crippen molar-refractivity contribution >= 4 is 11.8 Å². The maximum absolute atomic E-state index is 11.6. The number of hydrogen-bond acceptors (Lipinski definition) is 4. The number of rotatable bonds is 3. The molecule has 1 aromatic heterocycles. The summed E-state index contributed by atoms with van der Waals surface area (Å²) in [6.45, 7) is 1.75. The lowest BCUT2D eigenvalue weighted by molar-refractivity contribution is -0.143. The summed E-state index contributed by atoms with van der Waals surface area (Å²) in [5.74, 6) is -0.348. The van der Waals surface area contributed by atoms with E-state index in [0.717, 1.165) is 19.3 Å². The fraction of sp³-hybridized carbons (Fsp3) is 0.615. The average Bonchev–Trinajstić information content (AvgIpc) is 2.64. The van der Waals surface area contributed by atoms with Gasteiger partial charge in [-0.3, -0.25) is 4.68 Å². The second kappa shape index (κ2) is 4.92. The van der Waals surface area contributed by atoms with Crippen molar-refractivity contribution in [3.63, 3.8) is 0 Å². The predicted octanol–water partition coefficient (Wildman–Crippen LogP) is 1.80. The Morgan fingerprint density at radius 2 is 2.11 bits per heavy atom. The van der Waals surface area contributed by atoms with E-state index >= 15 is 0 Å². The lowest BCUT2D eigenvalue weighted by atomic mass is 9.81. The maximum atomic E-state index is 11.6. The summed E-state index contributed by atoms with van der Waals surface area (Å²) in [4.78, 5) is 11.6. The molecule has 1 aliphatic rings. The molecule has 19 heavy (non-hydrogen) atoms. The summed E-state index contributed by atoms with van der Waals surface area (Å²) in [6, 6.07) is 2.09. The van der Waals surface area contributed by atoms with Crippen LogP contribution in [0.15, 0.2) is 0 Å². The zero-order valence-corrected chi connectivity index (χ0v) is 11.2. The number of carboxylic acid groups (broad SMARTS) is 1. The minimum absolute atomic E-state index is 0.425. The van der Waals surface area contributed by atoms with Gasteiger partial charge in [0.15, 0.2) is 0 Å². The largest absolute Gasteiger partial charge is 0.480 e. The molecule has 6 nitrogen and oxygen atoms in total. The third kappa shape index (κ3) is 2.28. The van der Waals surface area contributed by atoms with E-state index in [9.17, 15) is 15.2 Å². The Balaban J connectivity index is 2.38. The molecular formula is C13H18N4O2. The number of carbonyl (C=O) groups is 1. The Kier molecular flexibility index (Phi) is 3.47. The quantitative estimate of drug-likeness (QED) is 0.866. The maximum Gasteiger partial charge on any atom is 0.329 e. The van der Waals surface area contributed by atoms with E-state index in [0.29, 0.717) is 29.9 Å². The fourth-order valence-electron chi connectivity index (χ4n) is 2.71. The molecule has 0 aliphatic heterocycles. The zero-order valence-electron chi connectivity index (χ0n) is 11.2. The van der Waals surface area contributed by atoms with Crippen LogP contribution in [0, 0.1) is 18.3 Å². The topological polar surface area (TPSA) is 90.9 Å². The molecule has 1 aliphatic carbocycles. The van der Waals surface area contributed by atoms with Crippen molar-refractivity contribution in [2.24, 2.45) is 7.05 Å². The van der Waals surface area contributed by atoms with Crippen molar-refractivity contribution < 1.29 is 9.90 Å². The first-order valence-electron chi connectivity index (χ1n) is 6.45. The van der Waals surface area contributed by atoms with Gasteiger partial charge in [-0.1, -0.05) is 19.3 Å². The molecule has 0 aromatic carbocycles. The van der Waals surface area contributed by atoms with Gasteiger partial charge in [0.05, 0.1) is 5.69 Å². The Hall–Kier alpha value is -2.03. The number of hydrogen-bond donors (Lipinski definition) is 2. The monoisotopic (exact) mass is 262 g/mol. The molecule has 2 rings (SSSR count). The molecule has 1 saturated carbocycles. The van der Waals surface area contributed by atoms with Gasteiger partial charge in [-0.05, 0) is 19.8 Å². The first kappa shape index (κ1) is 13.4. The summed E-state index contributed by atoms with van der Waals surface area (Å²) in [6.07, 6.45) is 4.00. The van der Waals surface area contributed by atoms with Crippen LogP contribution in [-0.4, -0.2) is 26.4 Å². The van der Waals surface area contributed by atoms with E-state index in [4.69, 9.17) is 0 Å². The van der Waals surface area contributed by atoms with Crippen LogP contribution in [0.3, 0.4) is 0 Å². The first-order chi connectivity index (χ1) is 9.00. The van der Waals surface area contributed by atoms with Gasteiger partial charge in [0.25, 0.3) is 0 Å². The predicted molar refractivity (Wildman–Crippen MR) is 69.7 cm³/mol. The summed E-state index contributed by atoms with van der Waals surface area (Å²) >= 11 is 0. The van der Waals surface area contributed by atoms with E-state index in [-0.39, 0.29) is 0 Å². The van der Waals surface area contributed by atoms with Crippen LogP contribution in [-0.2, 0) is 11.8 Å². The van der Waals surface area contributed by atoms with Crippen molar-refractivity contribution in [3.8, 4) is 6.07 Å². The number of anilines is 1. The first-order valence-corrected chi connectivity index (χ1v) is 6.45. The van der Waals surface area contributed by atoms with Crippen LogP contribution in [0.1, 0.15) is 43.4 Å². The van der Waals surface area contributed by atoms with Crippen LogP contribution in [0.25, 0.3) is 0 Å². The number of carboxylic acids is 1. The van der Waals surface area contributed by atoms with Crippen LogP contribution < -0.4 is 5.32 Å². The Morgan fingerprint density at radius 1 is 1.47 bits per heavy atom. The number of aryl methyl sites for hydroxylation is 2. The molecule has 0 unspecified atom stereocenters. The Morgan fingerprint density at radius 3 is 2.63 bits per heavy atom. The van der Waals surface area contributed by atoms with Crippen molar-refractivity contribution in [1.29, 1.82) is 5.26 Å². The highest BCUT2D eigenvalue weighted by atomic mass is 16.4. The summed E-state index contributed by atoms with van der Waals surface area (Å²) in [5, 5.41) is 26.0. The average molecular weight is 262 g/mol. The van der Waals surface area contributed by atoms with E-state index in [1.54, 1.807) is 18.7 Å². The molecule has 0 amide bonds. The third-order valence-corrected chi connectivity index (χ3v) is 3.81. The van der Waals surface area contributed by atoms with E-state index in [1.165, 1.54) is 0 Å². The van der Waals surface area contributed by atoms with Crippen LogP contribution in [0.4, 0.5) is 5.82 Å². The van der Waals surface area contributed by atoms with Gasteiger partial charge in [0.1, 0.15) is 23.0 Å². The second-order valence-corrected chi connectivity index (χ2v) is 5.12. The second-order valence-electron chi connectivity index (χ2n) is 5.12. The SMILES string of the molecule is Cc1nn(C)c(NC2(C(=O)O)CCCCC2)c1C#N. The summed E-state index contributed by atoms with van der Waals surface area (Å²) in [7, 11) is 1.72. The van der Waals surface area contributed by atoms with Crippen LogP contribution >= 0.6 is 0 Å². The molecule has 6 heteroatoms. The van der Waals surface area contributed by atoms with Gasteiger partial charge in [0, 0.05) is 7.05 Å². The van der Waals surface area contributed by atoms with Gasteiger partial charge < -0.3 is 10.4 Å². The highest BCUT2D eigenvalue weighted by Gasteiger charge is 2.40. The molecule has 1 fully saturated rings. The minimum atomic E-state index is -0.968. The minimum Gasteiger partial charge on any atom is -0.480 e. The molecule has 0 atom stereocenters. The molecule has 1 heterocycles. The lowest BCUT2D eigenvalue weighted by Gasteiger charge is -2.34. The van der Waals surface area contributed by atoms with E-state index in [2.05, 4.69) is 16.5 Å². The Bertz CT molecular complexity index is 536. The normalized spacial score (nSPS) is 17.7. The van der Waals surface area contributed by atoms with Crippen molar-refractivity contribution in [3.05, 3.63) is 11.3 Å². The summed E-state index contributed by atoms with van der Waals surface area (Å²) < 4.78 is 1.55. The zero-order chi connectivity index (χ0) is 14.0. The molecule has 2 N–H and O–H groups in total. The van der Waals surface area contributed by atoms with E-state index < -0.39 is 11.5 Å². The van der Waals surface area contributed by atoms with Gasteiger partial charge in [-0.15, -0.1) is 0 Å². The number of nitrogens with one attached hydrogen (secondary N) is 1. The summed E-state index contributed by atoms with van der Waals surface area (Å²) in [5.41, 5.74) is 0.0712. The standard InChI is InChI=1S/C13H18N4O2/c1-9-10(8-14)11(17(2)16-9)15-13(12(18)19)6-4-3-5-7-13/h15H,3-7H2,1-2H3,(H,18,19). The lowest BCUT2D eigenvalue weighted by Crippen LogP contribution is -2.48. The molecule has 1 aromatic rings. The van der Waals surface area contributed by atoms with Gasteiger partial charge in [-0.25, -0.2) is 4.79 Å². The van der Waals surface area contributed by atoms with Gasteiger partial charge in [-0.2, -0.15) is 10.4 Å². The molecule has 0 radical (unpaired) electrons. The van der Waals surface area contributed by atoms with Crippen molar-refractivity contribution in [2.45, 2.75) is 44.6 Å². The highest BCUT2D eigenvalue weighted by Crippen LogP contribution is 2.33. The van der Waals surface area contributed by atoms with Crippen LogP contribution in [0.2, 0.25) is 0 Å². The Labute approximate surface area is 112 Å². The smallest absolute Gasteiger partial charge is 0.329 e. The molecule has 0 spiro atoms. The number of aliphatic carboxylic acids is 1. The molecular weight excluding hydrogens is 244 g/mol. The molecule has 0 saturated heterocycles. The van der Waals surface area contributed by atoms with Crippen molar-refractivity contribution in [1.82, 2.24) is 9.78 Å². The highest BCUT2D eigenvalue weighted by molar-refractivity contribution is 5.83. The number of nitriles is 1. The van der Waals surface area contributed by atoms with Crippen molar-refractivity contribution in [2.75, 3.05) is 5.32 Å². The van der Waals surface area contributed by atoms with E-state index in [1.807, 2.05) is 0 Å².